The highest BCUT2D eigenvalue weighted by Gasteiger charge is 2.13. The quantitative estimate of drug-likeness (QED) is 0.311. The van der Waals surface area contributed by atoms with E-state index in [9.17, 15) is 8.42 Å². The first-order valence-electron chi connectivity index (χ1n) is 8.47. The standard InChI is InChI=1S/C15H27N5O3S2/c1-2-16-15(18-7-8-20-9-11-23-12-10-20)17-5-6-19-25(21,22)14-4-3-13-24-14/h3-4,13,19H,2,5-12H2,1H3,(H2,16,17,18). The van der Waals surface area contributed by atoms with Crippen molar-refractivity contribution in [1.82, 2.24) is 20.3 Å². The Balaban J connectivity index is 1.71. The monoisotopic (exact) mass is 389 g/mol. The van der Waals surface area contributed by atoms with Gasteiger partial charge < -0.3 is 15.4 Å². The van der Waals surface area contributed by atoms with Gasteiger partial charge in [-0.05, 0) is 18.4 Å². The van der Waals surface area contributed by atoms with Gasteiger partial charge in [0.05, 0.1) is 19.8 Å². The minimum atomic E-state index is -3.42. The molecular weight excluding hydrogens is 362 g/mol. The molecule has 2 rings (SSSR count). The second kappa shape index (κ2) is 10.7. The van der Waals surface area contributed by atoms with Crippen LogP contribution >= 0.6 is 11.3 Å². The summed E-state index contributed by atoms with van der Waals surface area (Å²) in [4.78, 5) is 6.75. The molecule has 0 aliphatic carbocycles. The Morgan fingerprint density at radius 3 is 2.80 bits per heavy atom. The number of thiophene rings is 1. The maximum Gasteiger partial charge on any atom is 0.250 e. The van der Waals surface area contributed by atoms with E-state index in [1.165, 1.54) is 11.3 Å². The van der Waals surface area contributed by atoms with Crippen LogP contribution in [0.15, 0.2) is 26.7 Å². The highest BCUT2D eigenvalue weighted by molar-refractivity contribution is 7.91. The van der Waals surface area contributed by atoms with Crippen molar-refractivity contribution in [3.63, 3.8) is 0 Å². The number of morpholine rings is 1. The maximum atomic E-state index is 12.0. The van der Waals surface area contributed by atoms with Gasteiger partial charge in [0.1, 0.15) is 4.21 Å². The number of sulfonamides is 1. The summed E-state index contributed by atoms with van der Waals surface area (Å²) in [6, 6.07) is 3.31. The number of hydrogen-bond donors (Lipinski definition) is 3. The molecule has 1 aromatic rings. The molecular formula is C15H27N5O3S2. The van der Waals surface area contributed by atoms with Crippen molar-refractivity contribution in [2.24, 2.45) is 4.99 Å². The first-order valence-corrected chi connectivity index (χ1v) is 10.8. The molecule has 2 heterocycles. The SMILES string of the molecule is CCNC(=NCCNS(=O)(=O)c1cccs1)NCCN1CCOCC1. The summed E-state index contributed by atoms with van der Waals surface area (Å²) in [5, 5.41) is 8.18. The second-order valence-corrected chi connectivity index (χ2v) is 8.41. The molecule has 0 radical (unpaired) electrons. The van der Waals surface area contributed by atoms with Gasteiger partial charge in [0.25, 0.3) is 0 Å². The number of guanidine groups is 1. The lowest BCUT2D eigenvalue weighted by Gasteiger charge is -2.26. The zero-order valence-corrected chi connectivity index (χ0v) is 16.2. The fourth-order valence-corrected chi connectivity index (χ4v) is 4.39. The van der Waals surface area contributed by atoms with Crippen LogP contribution in [0.4, 0.5) is 0 Å². The predicted molar refractivity (Wildman–Crippen MR) is 101 cm³/mol. The molecule has 0 spiro atoms. The molecule has 1 aliphatic rings. The van der Waals surface area contributed by atoms with Gasteiger partial charge in [-0.1, -0.05) is 6.07 Å². The summed E-state index contributed by atoms with van der Waals surface area (Å²) in [7, 11) is -3.42. The fourth-order valence-electron chi connectivity index (χ4n) is 2.33. The Morgan fingerprint density at radius 1 is 1.32 bits per heavy atom. The van der Waals surface area contributed by atoms with E-state index in [-0.39, 0.29) is 6.54 Å². The predicted octanol–water partition coefficient (Wildman–Crippen LogP) is -0.0863. The fraction of sp³-hybridized carbons (Fsp3) is 0.667. The molecule has 142 valence electrons. The molecule has 1 aromatic heterocycles. The van der Waals surface area contributed by atoms with Gasteiger partial charge in [0.2, 0.25) is 10.0 Å². The number of nitrogens with zero attached hydrogens (tertiary/aromatic N) is 2. The third-order valence-corrected chi connectivity index (χ3v) is 6.46. The van der Waals surface area contributed by atoms with E-state index in [0.717, 1.165) is 45.9 Å². The summed E-state index contributed by atoms with van der Waals surface area (Å²) in [5.41, 5.74) is 0. The number of aliphatic imine (C=N–C) groups is 1. The molecule has 3 N–H and O–H groups in total. The van der Waals surface area contributed by atoms with Crippen molar-refractivity contribution < 1.29 is 13.2 Å². The zero-order valence-electron chi connectivity index (χ0n) is 14.5. The van der Waals surface area contributed by atoms with Crippen LogP contribution in [0.1, 0.15) is 6.92 Å². The molecule has 8 nitrogen and oxygen atoms in total. The van der Waals surface area contributed by atoms with Gasteiger partial charge >= 0.3 is 0 Å². The normalized spacial score (nSPS) is 16.8. The molecule has 0 saturated carbocycles. The molecule has 10 heteroatoms. The van der Waals surface area contributed by atoms with Crippen LogP contribution in [0.2, 0.25) is 0 Å². The second-order valence-electron chi connectivity index (χ2n) is 5.47. The minimum Gasteiger partial charge on any atom is -0.379 e. The van der Waals surface area contributed by atoms with Crippen molar-refractivity contribution in [3.8, 4) is 0 Å². The van der Waals surface area contributed by atoms with Crippen molar-refractivity contribution in [3.05, 3.63) is 17.5 Å². The van der Waals surface area contributed by atoms with E-state index >= 15 is 0 Å². The van der Waals surface area contributed by atoms with Crippen LogP contribution in [0.3, 0.4) is 0 Å². The van der Waals surface area contributed by atoms with E-state index in [4.69, 9.17) is 4.74 Å². The van der Waals surface area contributed by atoms with Crippen LogP contribution in [0, 0.1) is 0 Å². The number of nitrogens with one attached hydrogen (secondary N) is 3. The Hall–Kier alpha value is -1.20. The average Bonchev–Trinajstić information content (AvgIpc) is 3.15. The van der Waals surface area contributed by atoms with Gasteiger partial charge in [-0.2, -0.15) is 0 Å². The first-order chi connectivity index (χ1) is 12.1. The number of ether oxygens (including phenoxy) is 1. The number of hydrogen-bond acceptors (Lipinski definition) is 6. The molecule has 0 atom stereocenters. The van der Waals surface area contributed by atoms with Crippen molar-refractivity contribution in [2.45, 2.75) is 11.1 Å². The van der Waals surface area contributed by atoms with Crippen LogP contribution in [0.5, 0.6) is 0 Å². The highest BCUT2D eigenvalue weighted by Crippen LogP contribution is 2.14. The lowest BCUT2D eigenvalue weighted by Crippen LogP contribution is -2.44. The zero-order chi connectivity index (χ0) is 18.0. The van der Waals surface area contributed by atoms with Gasteiger partial charge in [-0.15, -0.1) is 11.3 Å². The molecule has 1 fully saturated rings. The van der Waals surface area contributed by atoms with Crippen molar-refractivity contribution >= 4 is 27.3 Å². The Morgan fingerprint density at radius 2 is 2.12 bits per heavy atom. The van der Waals surface area contributed by atoms with Crippen LogP contribution < -0.4 is 15.4 Å². The lowest BCUT2D eigenvalue weighted by molar-refractivity contribution is 0.0389. The maximum absolute atomic E-state index is 12.0. The van der Waals surface area contributed by atoms with Gasteiger partial charge in [-0.25, -0.2) is 13.1 Å². The molecule has 0 amide bonds. The highest BCUT2D eigenvalue weighted by atomic mass is 32.2. The van der Waals surface area contributed by atoms with Gasteiger partial charge in [0.15, 0.2) is 5.96 Å². The largest absolute Gasteiger partial charge is 0.379 e. The summed E-state index contributed by atoms with van der Waals surface area (Å²) >= 11 is 1.20. The van der Waals surface area contributed by atoms with E-state index in [0.29, 0.717) is 16.7 Å². The van der Waals surface area contributed by atoms with E-state index in [1.807, 2.05) is 6.92 Å². The number of rotatable bonds is 9. The Labute approximate surface area is 153 Å². The minimum absolute atomic E-state index is 0.264. The summed E-state index contributed by atoms with van der Waals surface area (Å²) < 4.78 is 32.3. The van der Waals surface area contributed by atoms with Crippen LogP contribution in [0.25, 0.3) is 0 Å². The van der Waals surface area contributed by atoms with Crippen molar-refractivity contribution in [2.75, 3.05) is 59.0 Å². The third-order valence-electron chi connectivity index (χ3n) is 3.60. The Bertz CT molecular complexity index is 613. The van der Waals surface area contributed by atoms with Gasteiger partial charge in [0, 0.05) is 39.3 Å². The molecule has 25 heavy (non-hydrogen) atoms. The van der Waals surface area contributed by atoms with E-state index in [2.05, 4.69) is 25.2 Å². The molecule has 1 aliphatic heterocycles. The molecule has 0 aromatic carbocycles. The summed E-state index contributed by atoms with van der Waals surface area (Å²) in [6.07, 6.45) is 0. The topological polar surface area (TPSA) is 95.1 Å². The first kappa shape index (κ1) is 20.1. The van der Waals surface area contributed by atoms with E-state index in [1.54, 1.807) is 17.5 Å². The smallest absolute Gasteiger partial charge is 0.250 e. The molecule has 1 saturated heterocycles. The lowest BCUT2D eigenvalue weighted by atomic mass is 10.4. The van der Waals surface area contributed by atoms with E-state index < -0.39 is 10.0 Å². The summed E-state index contributed by atoms with van der Waals surface area (Å²) in [5.74, 6) is 0.700. The molecule has 0 bridgehead atoms. The van der Waals surface area contributed by atoms with Crippen LogP contribution in [-0.2, 0) is 14.8 Å². The van der Waals surface area contributed by atoms with Crippen molar-refractivity contribution in [1.29, 1.82) is 0 Å². The average molecular weight is 390 g/mol. The molecule has 0 unspecified atom stereocenters. The third kappa shape index (κ3) is 7.28. The van der Waals surface area contributed by atoms with Gasteiger partial charge in [-0.3, -0.25) is 9.89 Å². The summed E-state index contributed by atoms with van der Waals surface area (Å²) in [6.45, 7) is 8.60. The van der Waals surface area contributed by atoms with Crippen LogP contribution in [-0.4, -0.2) is 78.3 Å². The Kier molecular flexibility index (Phi) is 8.62.